The van der Waals surface area contributed by atoms with Gasteiger partial charge in [0, 0.05) is 12.6 Å². The number of ether oxygens (including phenoxy) is 1. The minimum absolute atomic E-state index is 0.0886. The molecule has 0 radical (unpaired) electrons. The third-order valence-corrected chi connectivity index (χ3v) is 2.00. The van der Waals surface area contributed by atoms with E-state index in [1.807, 2.05) is 20.8 Å². The quantitative estimate of drug-likeness (QED) is 0.771. The smallest absolute Gasteiger partial charge is 0.221 e. The Bertz CT molecular complexity index is 338. The molecule has 3 N–H and O–H groups in total. The van der Waals surface area contributed by atoms with Crippen LogP contribution in [0.3, 0.4) is 0 Å². The van der Waals surface area contributed by atoms with Gasteiger partial charge < -0.3 is 15.8 Å². The van der Waals surface area contributed by atoms with Gasteiger partial charge in [0.1, 0.15) is 11.6 Å². The van der Waals surface area contributed by atoms with E-state index in [1.54, 1.807) is 7.11 Å². The van der Waals surface area contributed by atoms with Gasteiger partial charge in [0.15, 0.2) is 0 Å². The third kappa shape index (κ3) is 3.06. The van der Waals surface area contributed by atoms with E-state index in [1.165, 1.54) is 0 Å². The number of nitrogens with zero attached hydrogens (tertiary/aromatic N) is 2. The van der Waals surface area contributed by atoms with E-state index in [-0.39, 0.29) is 6.04 Å². The lowest BCUT2D eigenvalue weighted by molar-refractivity contribution is 0.392. The third-order valence-electron chi connectivity index (χ3n) is 2.00. The van der Waals surface area contributed by atoms with E-state index in [9.17, 15) is 0 Å². The van der Waals surface area contributed by atoms with Gasteiger partial charge in [-0.25, -0.2) is 4.98 Å². The maximum atomic E-state index is 5.66. The summed E-state index contributed by atoms with van der Waals surface area (Å²) in [5, 5.41) is 3.17. The van der Waals surface area contributed by atoms with E-state index in [0.717, 1.165) is 11.4 Å². The van der Waals surface area contributed by atoms with Crippen molar-refractivity contribution in [2.24, 2.45) is 5.73 Å². The van der Waals surface area contributed by atoms with Gasteiger partial charge >= 0.3 is 0 Å². The molecule has 0 aliphatic carbocycles. The predicted molar refractivity (Wildman–Crippen MR) is 60.2 cm³/mol. The van der Waals surface area contributed by atoms with Crippen molar-refractivity contribution in [1.82, 2.24) is 9.97 Å². The molecule has 1 atom stereocenters. The van der Waals surface area contributed by atoms with Gasteiger partial charge in [-0.05, 0) is 20.8 Å². The minimum atomic E-state index is 0.0886. The number of aryl methyl sites for hydroxylation is 1. The second-order valence-electron chi connectivity index (χ2n) is 3.61. The first-order valence-corrected chi connectivity index (χ1v) is 4.93. The lowest BCUT2D eigenvalue weighted by Crippen LogP contribution is -2.26. The van der Waals surface area contributed by atoms with Crippen LogP contribution in [0.2, 0.25) is 0 Å². The van der Waals surface area contributed by atoms with Gasteiger partial charge in [-0.2, -0.15) is 4.98 Å². The lowest BCUT2D eigenvalue weighted by atomic mass is 10.3. The molecule has 5 nitrogen and oxygen atoms in total. The number of nitrogens with two attached hydrogens (primary N) is 1. The largest absolute Gasteiger partial charge is 0.481 e. The van der Waals surface area contributed by atoms with Crippen LogP contribution in [0.4, 0.5) is 5.82 Å². The van der Waals surface area contributed by atoms with E-state index in [2.05, 4.69) is 15.3 Å². The number of rotatable bonds is 4. The second kappa shape index (κ2) is 4.93. The average molecular weight is 210 g/mol. The molecular weight excluding hydrogens is 192 g/mol. The topological polar surface area (TPSA) is 73.1 Å². The zero-order chi connectivity index (χ0) is 11.4. The summed E-state index contributed by atoms with van der Waals surface area (Å²) in [6.07, 6.45) is 0. The lowest BCUT2D eigenvalue weighted by Gasteiger charge is -2.13. The monoisotopic (exact) mass is 210 g/mol. The van der Waals surface area contributed by atoms with Crippen LogP contribution in [0.25, 0.3) is 0 Å². The Morgan fingerprint density at radius 1 is 1.40 bits per heavy atom. The van der Waals surface area contributed by atoms with Gasteiger partial charge in [-0.15, -0.1) is 0 Å². The summed E-state index contributed by atoms with van der Waals surface area (Å²) in [6.45, 7) is 6.37. The maximum Gasteiger partial charge on any atom is 0.221 e. The van der Waals surface area contributed by atoms with Crippen molar-refractivity contribution in [2.75, 3.05) is 19.0 Å². The average Bonchev–Trinajstić information content (AvgIpc) is 2.18. The van der Waals surface area contributed by atoms with Crippen LogP contribution < -0.4 is 15.8 Å². The van der Waals surface area contributed by atoms with Crippen molar-refractivity contribution in [1.29, 1.82) is 0 Å². The van der Waals surface area contributed by atoms with Gasteiger partial charge in [0.25, 0.3) is 0 Å². The molecule has 15 heavy (non-hydrogen) atoms. The Balaban J connectivity index is 2.91. The number of anilines is 1. The molecule has 0 saturated heterocycles. The molecule has 0 saturated carbocycles. The van der Waals surface area contributed by atoms with Crippen LogP contribution in [0.5, 0.6) is 5.88 Å². The molecule has 0 amide bonds. The highest BCUT2D eigenvalue weighted by molar-refractivity contribution is 5.48. The van der Waals surface area contributed by atoms with E-state index >= 15 is 0 Å². The normalized spacial score (nSPS) is 12.3. The van der Waals surface area contributed by atoms with Crippen LogP contribution >= 0.6 is 0 Å². The van der Waals surface area contributed by atoms with Crippen LogP contribution in [0.1, 0.15) is 18.3 Å². The molecule has 0 aromatic carbocycles. The Morgan fingerprint density at radius 2 is 2.07 bits per heavy atom. The van der Waals surface area contributed by atoms with Crippen molar-refractivity contribution in [3.05, 3.63) is 11.4 Å². The standard InChI is InChI=1S/C10H18N4O/c1-6(11)5-12-9-7(2)10(15-4)14-8(3)13-9/h6H,5,11H2,1-4H3,(H,12,13,14). The van der Waals surface area contributed by atoms with Crippen molar-refractivity contribution in [2.45, 2.75) is 26.8 Å². The number of hydrogen-bond acceptors (Lipinski definition) is 5. The Kier molecular flexibility index (Phi) is 3.85. The van der Waals surface area contributed by atoms with E-state index < -0.39 is 0 Å². The molecule has 1 rings (SSSR count). The molecular formula is C10H18N4O. The molecule has 1 unspecified atom stereocenters. The van der Waals surface area contributed by atoms with Crippen molar-refractivity contribution in [3.8, 4) is 5.88 Å². The number of aromatic nitrogens is 2. The Hall–Kier alpha value is -1.36. The molecule has 0 spiro atoms. The fourth-order valence-electron chi connectivity index (χ4n) is 1.23. The van der Waals surface area contributed by atoms with Gasteiger partial charge in [0.05, 0.1) is 12.7 Å². The van der Waals surface area contributed by atoms with Gasteiger partial charge in [-0.3, -0.25) is 0 Å². The molecule has 0 aliphatic heterocycles. The highest BCUT2D eigenvalue weighted by Gasteiger charge is 2.09. The number of methoxy groups -OCH3 is 1. The molecule has 1 aromatic rings. The second-order valence-corrected chi connectivity index (χ2v) is 3.61. The number of nitrogens with one attached hydrogen (secondary N) is 1. The predicted octanol–water partition coefficient (Wildman–Crippen LogP) is 0.861. The Labute approximate surface area is 90.1 Å². The highest BCUT2D eigenvalue weighted by atomic mass is 16.5. The summed E-state index contributed by atoms with van der Waals surface area (Å²) >= 11 is 0. The van der Waals surface area contributed by atoms with E-state index in [0.29, 0.717) is 18.2 Å². The summed E-state index contributed by atoms with van der Waals surface area (Å²) < 4.78 is 5.15. The number of hydrogen-bond donors (Lipinski definition) is 2. The first kappa shape index (κ1) is 11.7. The molecule has 5 heteroatoms. The molecule has 0 aliphatic rings. The first-order chi connectivity index (χ1) is 7.04. The van der Waals surface area contributed by atoms with Crippen molar-refractivity contribution in [3.63, 3.8) is 0 Å². The van der Waals surface area contributed by atoms with Crippen LogP contribution in [0, 0.1) is 13.8 Å². The van der Waals surface area contributed by atoms with Crippen LogP contribution in [-0.2, 0) is 0 Å². The summed E-state index contributed by atoms with van der Waals surface area (Å²) in [5.41, 5.74) is 6.57. The zero-order valence-electron chi connectivity index (χ0n) is 9.66. The van der Waals surface area contributed by atoms with E-state index in [4.69, 9.17) is 10.5 Å². The molecule has 1 aromatic heterocycles. The minimum Gasteiger partial charge on any atom is -0.481 e. The van der Waals surface area contributed by atoms with Crippen LogP contribution in [-0.4, -0.2) is 29.7 Å². The summed E-state index contributed by atoms with van der Waals surface area (Å²) in [4.78, 5) is 8.47. The Morgan fingerprint density at radius 3 is 2.60 bits per heavy atom. The fourth-order valence-corrected chi connectivity index (χ4v) is 1.23. The maximum absolute atomic E-state index is 5.66. The molecule has 0 fully saturated rings. The van der Waals surface area contributed by atoms with Crippen molar-refractivity contribution >= 4 is 5.82 Å². The molecule has 1 heterocycles. The van der Waals surface area contributed by atoms with Gasteiger partial charge in [-0.1, -0.05) is 0 Å². The van der Waals surface area contributed by atoms with Gasteiger partial charge in [0.2, 0.25) is 5.88 Å². The molecule has 84 valence electrons. The summed E-state index contributed by atoms with van der Waals surface area (Å²) in [6, 6.07) is 0.0886. The first-order valence-electron chi connectivity index (χ1n) is 4.93. The zero-order valence-corrected chi connectivity index (χ0v) is 9.66. The SMILES string of the molecule is COc1nc(C)nc(NCC(C)N)c1C. The highest BCUT2D eigenvalue weighted by Crippen LogP contribution is 2.21. The van der Waals surface area contributed by atoms with Crippen molar-refractivity contribution < 1.29 is 4.74 Å². The summed E-state index contributed by atoms with van der Waals surface area (Å²) in [7, 11) is 1.60. The van der Waals surface area contributed by atoms with Crippen LogP contribution in [0.15, 0.2) is 0 Å². The fraction of sp³-hybridized carbons (Fsp3) is 0.600. The molecule has 0 bridgehead atoms. The summed E-state index contributed by atoms with van der Waals surface area (Å²) in [5.74, 6) is 2.08.